The number of alkyl halides is 3. The summed E-state index contributed by atoms with van der Waals surface area (Å²) in [5.41, 5.74) is -1.34. The highest BCUT2D eigenvalue weighted by Crippen LogP contribution is 2.33. The van der Waals surface area contributed by atoms with Gasteiger partial charge in [0.1, 0.15) is 11.9 Å². The van der Waals surface area contributed by atoms with Gasteiger partial charge in [-0.2, -0.15) is 18.3 Å². The van der Waals surface area contributed by atoms with Crippen LogP contribution < -0.4 is 5.32 Å². The first-order valence-corrected chi connectivity index (χ1v) is 12.6. The predicted octanol–water partition coefficient (Wildman–Crippen LogP) is 5.18. The molecule has 3 rings (SSSR count). The number of ketones is 1. The van der Waals surface area contributed by atoms with Crippen LogP contribution in [0.15, 0.2) is 40.9 Å². The molecule has 3 aromatic rings. The highest BCUT2D eigenvalue weighted by Gasteiger charge is 2.43. The number of aromatic nitrogens is 4. The number of Topliss-reactive ketones (excluding diaryl/α,β-unsaturated/α-hetero) is 1. The number of anilines is 1. The minimum Gasteiger partial charge on any atom is -0.465 e. The number of benzene rings is 1. The van der Waals surface area contributed by atoms with Crippen LogP contribution in [-0.2, 0) is 22.2 Å². The van der Waals surface area contributed by atoms with Crippen LogP contribution >= 0.6 is 0 Å². The molecule has 2 atom stereocenters. The summed E-state index contributed by atoms with van der Waals surface area (Å²) >= 11 is 0. The summed E-state index contributed by atoms with van der Waals surface area (Å²) in [4.78, 5) is 39.7. The Hall–Kier alpha value is -4.23. The Bertz CT molecular complexity index is 1300. The van der Waals surface area contributed by atoms with Crippen LogP contribution in [0.1, 0.15) is 58.4 Å². The van der Waals surface area contributed by atoms with Crippen molar-refractivity contribution >= 4 is 23.6 Å². The fourth-order valence-electron chi connectivity index (χ4n) is 4.18. The van der Waals surface area contributed by atoms with Gasteiger partial charge in [0.05, 0.1) is 11.8 Å². The van der Waals surface area contributed by atoms with Crippen molar-refractivity contribution in [1.82, 2.24) is 25.3 Å². The molecule has 11 nitrogen and oxygen atoms in total. The molecule has 2 aromatic heterocycles. The molecule has 1 aromatic carbocycles. The molecule has 0 bridgehead atoms. The van der Waals surface area contributed by atoms with Crippen LogP contribution in [0.4, 0.5) is 23.8 Å². The molecule has 40 heavy (non-hydrogen) atoms. The fraction of sp³-hybridized carbons (Fsp3) is 0.462. The van der Waals surface area contributed by atoms with Crippen LogP contribution in [0.25, 0.3) is 11.5 Å². The summed E-state index contributed by atoms with van der Waals surface area (Å²) in [5, 5.41) is 26.8. The Morgan fingerprint density at radius 2 is 1.77 bits per heavy atom. The number of carbonyl (C=O) groups excluding carboxylic acids is 2. The van der Waals surface area contributed by atoms with Crippen molar-refractivity contribution in [3.8, 4) is 11.5 Å². The van der Waals surface area contributed by atoms with Gasteiger partial charge in [0.2, 0.25) is 17.6 Å². The van der Waals surface area contributed by atoms with E-state index in [9.17, 15) is 32.7 Å². The molecule has 2 amide bonds. The number of hydrogen-bond acceptors (Lipinski definition) is 7. The summed E-state index contributed by atoms with van der Waals surface area (Å²) in [5.74, 6) is -1.77. The van der Waals surface area contributed by atoms with Gasteiger partial charge >= 0.3 is 12.3 Å². The Balaban J connectivity index is 1.91. The zero-order valence-corrected chi connectivity index (χ0v) is 22.5. The van der Waals surface area contributed by atoms with Gasteiger partial charge in [-0.3, -0.25) is 19.6 Å². The van der Waals surface area contributed by atoms with E-state index in [1.165, 1.54) is 24.4 Å². The van der Waals surface area contributed by atoms with Crippen LogP contribution in [0.2, 0.25) is 0 Å². The first-order chi connectivity index (χ1) is 18.7. The number of nitrogens with one attached hydrogen (secondary N) is 2. The zero-order valence-electron chi connectivity index (χ0n) is 22.5. The molecule has 0 aliphatic heterocycles. The number of halogens is 3. The van der Waals surface area contributed by atoms with E-state index in [4.69, 9.17) is 4.42 Å². The van der Waals surface area contributed by atoms with Gasteiger partial charge in [-0.25, -0.2) is 4.79 Å². The third-order valence-electron chi connectivity index (χ3n) is 6.29. The van der Waals surface area contributed by atoms with Crippen LogP contribution in [0.5, 0.6) is 0 Å². The Morgan fingerprint density at radius 3 is 2.30 bits per heavy atom. The third-order valence-corrected chi connectivity index (χ3v) is 6.29. The van der Waals surface area contributed by atoms with Crippen LogP contribution in [-0.4, -0.2) is 60.3 Å². The van der Waals surface area contributed by atoms with Crippen LogP contribution in [0.3, 0.4) is 0 Å². The van der Waals surface area contributed by atoms with Crippen molar-refractivity contribution in [2.24, 2.45) is 5.41 Å². The first-order valence-electron chi connectivity index (χ1n) is 12.6. The third kappa shape index (κ3) is 7.45. The minimum absolute atomic E-state index is 0.0182. The van der Waals surface area contributed by atoms with Gasteiger partial charge in [-0.1, -0.05) is 40.5 Å². The number of amides is 2. The number of carboxylic acid groups (broad SMARTS) is 1. The number of carbonyl (C=O) groups is 3. The normalized spacial score (nSPS) is 13.5. The summed E-state index contributed by atoms with van der Waals surface area (Å²) < 4.78 is 44.4. The molecular weight excluding hydrogens is 533 g/mol. The average Bonchev–Trinajstić information content (AvgIpc) is 3.56. The van der Waals surface area contributed by atoms with E-state index in [2.05, 4.69) is 25.7 Å². The lowest BCUT2D eigenvalue weighted by atomic mass is 9.82. The second-order valence-corrected chi connectivity index (χ2v) is 10.3. The fourth-order valence-corrected chi connectivity index (χ4v) is 4.18. The van der Waals surface area contributed by atoms with Crippen molar-refractivity contribution < 1.29 is 37.1 Å². The lowest BCUT2D eigenvalue weighted by Crippen LogP contribution is -2.57. The zero-order chi connectivity index (χ0) is 29.7. The van der Waals surface area contributed by atoms with Gasteiger partial charge in [-0.15, -0.1) is 10.2 Å². The maximum absolute atomic E-state index is 13.3. The number of unbranched alkanes of at least 4 members (excludes halogenated alkanes) is 1. The lowest BCUT2D eigenvalue weighted by molar-refractivity contribution is -0.139. The van der Waals surface area contributed by atoms with E-state index in [1.54, 1.807) is 20.8 Å². The van der Waals surface area contributed by atoms with Gasteiger partial charge in [-0.05, 0) is 36.1 Å². The summed E-state index contributed by atoms with van der Waals surface area (Å²) in [6.07, 6.45) is -3.40. The standard InChI is InChI=1S/C26H31F3N6O5/c1-5-6-7-17(21(36)22(37)31-19-12-13-30-32-19)35(24(38)39)18(25(2,3)4)14-20-33-34-23(40-20)15-8-10-16(11-9-15)26(27,28)29/h8-13,17-18H,5-7,14H2,1-4H3,(H,38,39)(H2,30,31,32,37)/t17-,18+/m0/s1. The highest BCUT2D eigenvalue weighted by molar-refractivity contribution is 6.42. The monoisotopic (exact) mass is 564 g/mol. The molecule has 0 saturated heterocycles. The Kier molecular flexibility index (Phi) is 9.32. The molecule has 2 heterocycles. The number of hydrogen-bond donors (Lipinski definition) is 3. The number of H-pyrrole nitrogens is 1. The Morgan fingerprint density at radius 1 is 1.10 bits per heavy atom. The van der Waals surface area contributed by atoms with Crippen LogP contribution in [0, 0.1) is 5.41 Å². The second-order valence-electron chi connectivity index (χ2n) is 10.3. The maximum Gasteiger partial charge on any atom is 0.416 e. The minimum atomic E-state index is -4.50. The summed E-state index contributed by atoms with van der Waals surface area (Å²) in [6, 6.07) is 3.43. The predicted molar refractivity (Wildman–Crippen MR) is 137 cm³/mol. The maximum atomic E-state index is 13.3. The smallest absolute Gasteiger partial charge is 0.416 e. The first kappa shape index (κ1) is 30.3. The molecule has 0 radical (unpaired) electrons. The van der Waals surface area contributed by atoms with Gasteiger partial charge in [0.15, 0.2) is 0 Å². The molecule has 216 valence electrons. The average molecular weight is 565 g/mol. The van der Waals surface area contributed by atoms with Crippen molar-refractivity contribution in [2.75, 3.05) is 5.32 Å². The van der Waals surface area contributed by atoms with Crippen molar-refractivity contribution in [3.63, 3.8) is 0 Å². The SMILES string of the molecule is CCCC[C@@H](C(=O)C(=O)Nc1ccn[nH]1)N(C(=O)O)[C@H](Cc1nnc(-c2ccc(C(F)(F)F)cc2)o1)C(C)(C)C. The van der Waals surface area contributed by atoms with E-state index >= 15 is 0 Å². The van der Waals surface area contributed by atoms with E-state index in [0.717, 1.165) is 17.0 Å². The molecule has 0 saturated carbocycles. The van der Waals surface area contributed by atoms with E-state index in [0.29, 0.717) is 12.8 Å². The van der Waals surface area contributed by atoms with Gasteiger partial charge in [0, 0.05) is 24.1 Å². The molecule has 14 heteroatoms. The van der Waals surface area contributed by atoms with Gasteiger partial charge < -0.3 is 14.8 Å². The quantitative estimate of drug-likeness (QED) is 0.269. The lowest BCUT2D eigenvalue weighted by Gasteiger charge is -2.41. The number of nitrogens with zero attached hydrogens (tertiary/aromatic N) is 4. The molecule has 0 aliphatic rings. The largest absolute Gasteiger partial charge is 0.465 e. The highest BCUT2D eigenvalue weighted by atomic mass is 19.4. The van der Waals surface area contributed by atoms with Gasteiger partial charge in [0.25, 0.3) is 5.91 Å². The van der Waals surface area contributed by atoms with E-state index < -0.39 is 47.0 Å². The van der Waals surface area contributed by atoms with E-state index in [-0.39, 0.29) is 36.0 Å². The molecule has 0 aliphatic carbocycles. The topological polar surface area (TPSA) is 154 Å². The molecule has 0 unspecified atom stereocenters. The van der Waals surface area contributed by atoms with Crippen molar-refractivity contribution in [2.45, 2.75) is 71.6 Å². The molecular formula is C26H31F3N6O5. The summed E-state index contributed by atoms with van der Waals surface area (Å²) in [6.45, 7) is 7.19. The van der Waals surface area contributed by atoms with Crippen molar-refractivity contribution in [1.29, 1.82) is 0 Å². The van der Waals surface area contributed by atoms with E-state index in [1.807, 2.05) is 6.92 Å². The Labute approximate surface area is 228 Å². The molecule has 0 spiro atoms. The molecule has 3 N–H and O–H groups in total. The number of aromatic amines is 1. The molecule has 0 fully saturated rings. The second kappa shape index (κ2) is 12.3. The number of rotatable bonds is 11. The summed E-state index contributed by atoms with van der Waals surface area (Å²) in [7, 11) is 0. The van der Waals surface area contributed by atoms with Crippen molar-refractivity contribution in [3.05, 3.63) is 48.0 Å².